The number of carbonyl (C=O) groups is 1. The van der Waals surface area contributed by atoms with E-state index in [9.17, 15) is 18.0 Å². The lowest BCUT2D eigenvalue weighted by atomic mass is 10.1. The number of hydrogen-bond donors (Lipinski definition) is 0. The Morgan fingerprint density at radius 3 is 2.46 bits per heavy atom. The van der Waals surface area contributed by atoms with Gasteiger partial charge in [0.25, 0.3) is 5.91 Å². The fraction of sp³-hybridized carbons (Fsp3) is 0.292. The highest BCUT2D eigenvalue weighted by Gasteiger charge is 2.36. The molecule has 11 heteroatoms. The lowest BCUT2D eigenvalue weighted by Gasteiger charge is -2.33. The predicted molar refractivity (Wildman–Crippen MR) is 120 cm³/mol. The number of benzene rings is 1. The van der Waals surface area contributed by atoms with Crippen molar-refractivity contribution in [3.05, 3.63) is 71.9 Å². The Labute approximate surface area is 198 Å². The van der Waals surface area contributed by atoms with Gasteiger partial charge in [-0.1, -0.05) is 0 Å². The minimum Gasteiger partial charge on any atom is -0.497 e. The number of carbonyl (C=O) groups excluding carboxylic acids is 1. The van der Waals surface area contributed by atoms with Gasteiger partial charge in [-0.3, -0.25) is 9.69 Å². The van der Waals surface area contributed by atoms with Crippen LogP contribution in [0.5, 0.6) is 5.75 Å². The number of alkyl halides is 3. The second-order valence-electron chi connectivity index (χ2n) is 8.20. The van der Waals surface area contributed by atoms with Crippen LogP contribution in [0.25, 0.3) is 16.9 Å². The molecule has 182 valence electrons. The Bertz CT molecular complexity index is 1330. The maximum atomic E-state index is 13.9. The molecule has 0 spiro atoms. The molecule has 4 aromatic rings. The Morgan fingerprint density at radius 2 is 1.83 bits per heavy atom. The summed E-state index contributed by atoms with van der Waals surface area (Å²) in [4.78, 5) is 21.2. The Hall–Kier alpha value is -3.86. The van der Waals surface area contributed by atoms with Crippen molar-refractivity contribution in [2.45, 2.75) is 12.7 Å². The van der Waals surface area contributed by atoms with Crippen molar-refractivity contribution in [2.24, 2.45) is 0 Å². The number of amides is 1. The van der Waals surface area contributed by atoms with Crippen LogP contribution in [-0.2, 0) is 12.7 Å². The zero-order valence-electron chi connectivity index (χ0n) is 18.8. The van der Waals surface area contributed by atoms with Crippen LogP contribution in [0.2, 0.25) is 0 Å². The van der Waals surface area contributed by atoms with Gasteiger partial charge in [0.1, 0.15) is 11.5 Å². The van der Waals surface area contributed by atoms with E-state index in [1.807, 2.05) is 12.1 Å². The third-order valence-corrected chi connectivity index (χ3v) is 5.94. The van der Waals surface area contributed by atoms with Gasteiger partial charge in [0.2, 0.25) is 0 Å². The highest BCUT2D eigenvalue weighted by Crippen LogP contribution is 2.33. The summed E-state index contributed by atoms with van der Waals surface area (Å²) in [5.74, 6) is 0.989. The molecule has 35 heavy (non-hydrogen) atoms. The monoisotopic (exact) mass is 485 g/mol. The zero-order chi connectivity index (χ0) is 24.6. The van der Waals surface area contributed by atoms with Crippen LogP contribution in [0, 0.1) is 0 Å². The Kier molecular flexibility index (Phi) is 5.93. The van der Waals surface area contributed by atoms with Crippen molar-refractivity contribution in [3.8, 4) is 17.0 Å². The van der Waals surface area contributed by atoms with E-state index < -0.39 is 17.8 Å². The zero-order valence-corrected chi connectivity index (χ0v) is 18.8. The Balaban J connectivity index is 1.40. The fourth-order valence-corrected chi connectivity index (χ4v) is 4.08. The van der Waals surface area contributed by atoms with Gasteiger partial charge in [-0.15, -0.1) is 0 Å². The van der Waals surface area contributed by atoms with E-state index >= 15 is 0 Å². The molecule has 0 unspecified atom stereocenters. The second kappa shape index (κ2) is 9.06. The van der Waals surface area contributed by atoms with E-state index in [1.54, 1.807) is 35.4 Å². The maximum Gasteiger partial charge on any atom is 0.433 e. The summed E-state index contributed by atoms with van der Waals surface area (Å²) in [6.45, 7) is 2.74. The van der Waals surface area contributed by atoms with Gasteiger partial charge in [-0.2, -0.15) is 18.3 Å². The summed E-state index contributed by atoms with van der Waals surface area (Å²) in [6.07, 6.45) is -3.08. The van der Waals surface area contributed by atoms with Gasteiger partial charge in [-0.25, -0.2) is 9.50 Å². The van der Waals surface area contributed by atoms with Gasteiger partial charge in [0.05, 0.1) is 25.6 Å². The predicted octanol–water partition coefficient (Wildman–Crippen LogP) is 3.97. The molecule has 1 aliphatic rings. The van der Waals surface area contributed by atoms with Crippen LogP contribution in [0.3, 0.4) is 0 Å². The number of ether oxygens (including phenoxy) is 1. The third-order valence-electron chi connectivity index (χ3n) is 5.94. The highest BCUT2D eigenvalue weighted by atomic mass is 19.4. The molecule has 0 N–H and O–H groups in total. The first kappa shape index (κ1) is 22.9. The molecule has 0 radical (unpaired) electrons. The van der Waals surface area contributed by atoms with Crippen molar-refractivity contribution < 1.29 is 27.1 Å². The molecular formula is C24H22F3N5O3. The van der Waals surface area contributed by atoms with Gasteiger partial charge < -0.3 is 14.1 Å². The molecule has 3 aromatic heterocycles. The molecule has 0 atom stereocenters. The van der Waals surface area contributed by atoms with E-state index in [-0.39, 0.29) is 17.0 Å². The molecule has 1 amide bonds. The molecule has 0 saturated carbocycles. The van der Waals surface area contributed by atoms with Crippen molar-refractivity contribution in [3.63, 3.8) is 0 Å². The number of rotatable bonds is 5. The third kappa shape index (κ3) is 4.72. The van der Waals surface area contributed by atoms with Crippen LogP contribution in [-0.4, -0.2) is 63.6 Å². The number of methoxy groups -OCH3 is 1. The summed E-state index contributed by atoms with van der Waals surface area (Å²) in [5, 5.41) is 3.99. The molecule has 5 rings (SSSR count). The average Bonchev–Trinajstić information content (AvgIpc) is 3.52. The van der Waals surface area contributed by atoms with Gasteiger partial charge in [0, 0.05) is 37.8 Å². The fourth-order valence-electron chi connectivity index (χ4n) is 4.08. The smallest absolute Gasteiger partial charge is 0.433 e. The van der Waals surface area contributed by atoms with Gasteiger partial charge in [-0.05, 0) is 42.5 Å². The van der Waals surface area contributed by atoms with Gasteiger partial charge in [0.15, 0.2) is 17.0 Å². The molecule has 1 saturated heterocycles. The second-order valence-corrected chi connectivity index (χ2v) is 8.20. The highest BCUT2D eigenvalue weighted by molar-refractivity contribution is 5.93. The lowest BCUT2D eigenvalue weighted by Crippen LogP contribution is -2.48. The normalized spacial score (nSPS) is 15.0. The average molecular weight is 485 g/mol. The molecule has 8 nitrogen and oxygen atoms in total. The number of aromatic nitrogens is 3. The Morgan fingerprint density at radius 1 is 1.09 bits per heavy atom. The van der Waals surface area contributed by atoms with E-state index in [1.165, 1.54) is 13.2 Å². The quantitative estimate of drug-likeness (QED) is 0.426. The van der Waals surface area contributed by atoms with Crippen molar-refractivity contribution >= 4 is 11.6 Å². The van der Waals surface area contributed by atoms with Gasteiger partial charge >= 0.3 is 6.18 Å². The van der Waals surface area contributed by atoms with Crippen LogP contribution in [0.15, 0.2) is 59.2 Å². The van der Waals surface area contributed by atoms with E-state index in [4.69, 9.17) is 9.15 Å². The number of furan rings is 1. The number of nitrogens with zero attached hydrogens (tertiary/aromatic N) is 5. The molecule has 4 heterocycles. The summed E-state index contributed by atoms with van der Waals surface area (Å²) in [6, 6.07) is 12.5. The first-order chi connectivity index (χ1) is 16.8. The van der Waals surface area contributed by atoms with Crippen LogP contribution in [0.1, 0.15) is 21.9 Å². The minimum absolute atomic E-state index is 0.0505. The molecule has 0 aliphatic carbocycles. The summed E-state index contributed by atoms with van der Waals surface area (Å²) in [5.41, 5.74) is -0.520. The van der Waals surface area contributed by atoms with Crippen molar-refractivity contribution in [1.29, 1.82) is 0 Å². The molecule has 1 aromatic carbocycles. The van der Waals surface area contributed by atoms with Crippen molar-refractivity contribution in [1.82, 2.24) is 24.4 Å². The van der Waals surface area contributed by atoms with Crippen LogP contribution >= 0.6 is 0 Å². The topological polar surface area (TPSA) is 76.1 Å². The van der Waals surface area contributed by atoms with Crippen molar-refractivity contribution in [2.75, 3.05) is 33.3 Å². The largest absolute Gasteiger partial charge is 0.497 e. The molecular weight excluding hydrogens is 463 g/mol. The first-order valence-corrected chi connectivity index (χ1v) is 11.0. The number of halogens is 3. The molecule has 1 aliphatic heterocycles. The number of hydrogen-bond acceptors (Lipinski definition) is 6. The maximum absolute atomic E-state index is 13.9. The lowest BCUT2D eigenvalue weighted by molar-refractivity contribution is -0.142. The summed E-state index contributed by atoms with van der Waals surface area (Å²) in [7, 11) is 1.50. The SMILES string of the molecule is COc1ccc(-c2cc(C(F)(F)F)n3nc(C(=O)N4CCN(Cc5ccco5)CC4)cc3n2)cc1. The summed E-state index contributed by atoms with van der Waals surface area (Å²) < 4.78 is 52.8. The van der Waals surface area contributed by atoms with E-state index in [0.717, 1.165) is 11.8 Å². The molecule has 0 bridgehead atoms. The first-order valence-electron chi connectivity index (χ1n) is 11.0. The minimum atomic E-state index is -4.69. The van der Waals surface area contributed by atoms with Crippen LogP contribution in [0.4, 0.5) is 13.2 Å². The molecule has 1 fully saturated rings. The van der Waals surface area contributed by atoms with E-state index in [0.29, 0.717) is 48.6 Å². The standard InChI is InChI=1S/C24H22F3N5O3/c1-34-17-6-4-16(5-7-17)19-13-21(24(25,26)27)32-22(28-19)14-20(29-32)23(33)31-10-8-30(9-11-31)15-18-3-2-12-35-18/h2-7,12-14H,8-11,15H2,1H3. The number of fused-ring (bicyclic) bond motifs is 1. The van der Waals surface area contributed by atoms with Crippen LogP contribution < -0.4 is 4.74 Å². The van der Waals surface area contributed by atoms with E-state index in [2.05, 4.69) is 15.0 Å². The summed E-state index contributed by atoms with van der Waals surface area (Å²) >= 11 is 0. The number of piperazine rings is 1.